The molecule has 2 aromatic rings. The summed E-state index contributed by atoms with van der Waals surface area (Å²) < 4.78 is 25.6. The lowest BCUT2D eigenvalue weighted by molar-refractivity contribution is 0.0950. The van der Waals surface area contributed by atoms with E-state index in [1.54, 1.807) is 0 Å². The highest BCUT2D eigenvalue weighted by molar-refractivity contribution is 7.09. The largest absolute Gasteiger partial charge is 0.346 e. The van der Waals surface area contributed by atoms with E-state index in [4.69, 9.17) is 0 Å². The lowest BCUT2D eigenvalue weighted by Crippen LogP contribution is -2.23. The second-order valence-electron chi connectivity index (χ2n) is 3.67. The monoisotopic (exact) mass is 268 g/mol. The van der Waals surface area contributed by atoms with Crippen LogP contribution in [0.1, 0.15) is 21.1 Å². The summed E-state index contributed by atoms with van der Waals surface area (Å²) in [5.74, 6) is -2.46. The summed E-state index contributed by atoms with van der Waals surface area (Å²) in [6.45, 7) is 2.13. The fraction of sp³-hybridized carbons (Fsp3) is 0.167. The molecule has 2 rings (SSSR count). The molecule has 94 valence electrons. The van der Waals surface area contributed by atoms with Crippen molar-refractivity contribution in [1.29, 1.82) is 0 Å². The highest BCUT2D eigenvalue weighted by atomic mass is 32.1. The van der Waals surface area contributed by atoms with E-state index in [0.29, 0.717) is 0 Å². The summed E-state index contributed by atoms with van der Waals surface area (Å²) in [5, 5.41) is 5.33. The Balaban J connectivity index is 2.01. The van der Waals surface area contributed by atoms with Crippen molar-refractivity contribution in [1.82, 2.24) is 10.3 Å². The summed E-state index contributed by atoms with van der Waals surface area (Å²) in [7, 11) is 0. The minimum Gasteiger partial charge on any atom is -0.346 e. The number of halogens is 2. The molecule has 0 aliphatic rings. The number of nitrogens with one attached hydrogen (secondary N) is 1. The van der Waals surface area contributed by atoms with Gasteiger partial charge in [0, 0.05) is 10.9 Å². The van der Waals surface area contributed by atoms with E-state index in [1.807, 2.05) is 12.3 Å². The van der Waals surface area contributed by atoms with Crippen LogP contribution >= 0.6 is 11.3 Å². The van der Waals surface area contributed by atoms with Crippen LogP contribution in [0.2, 0.25) is 0 Å². The first-order chi connectivity index (χ1) is 8.56. The van der Waals surface area contributed by atoms with E-state index < -0.39 is 17.5 Å². The zero-order chi connectivity index (χ0) is 13.1. The van der Waals surface area contributed by atoms with Crippen LogP contribution in [-0.2, 0) is 6.54 Å². The topological polar surface area (TPSA) is 42.0 Å². The number of aromatic nitrogens is 1. The van der Waals surface area contributed by atoms with Crippen molar-refractivity contribution in [2.45, 2.75) is 13.5 Å². The van der Waals surface area contributed by atoms with Crippen molar-refractivity contribution in [3.63, 3.8) is 0 Å². The van der Waals surface area contributed by atoms with Gasteiger partial charge in [-0.2, -0.15) is 0 Å². The van der Waals surface area contributed by atoms with Gasteiger partial charge in [-0.25, -0.2) is 13.8 Å². The fourth-order valence-corrected chi connectivity index (χ4v) is 2.01. The third-order valence-corrected chi connectivity index (χ3v) is 3.10. The number of carbonyl (C=O) groups is 1. The molecule has 0 spiro atoms. The molecule has 3 nitrogen and oxygen atoms in total. The van der Waals surface area contributed by atoms with Crippen molar-refractivity contribution in [3.05, 3.63) is 51.5 Å². The molecule has 0 atom stereocenters. The number of rotatable bonds is 3. The summed E-state index contributed by atoms with van der Waals surface area (Å²) in [5.41, 5.74) is 0.828. The lowest BCUT2D eigenvalue weighted by atomic mass is 10.2. The molecule has 6 heteroatoms. The molecular weight excluding hydrogens is 258 g/mol. The van der Waals surface area contributed by atoms with Gasteiger partial charge in [0.25, 0.3) is 5.91 Å². The van der Waals surface area contributed by atoms with Crippen LogP contribution in [0.5, 0.6) is 0 Å². The van der Waals surface area contributed by atoms with Crippen LogP contribution in [0.3, 0.4) is 0 Å². The van der Waals surface area contributed by atoms with Crippen molar-refractivity contribution < 1.29 is 13.6 Å². The minimum atomic E-state index is -1.04. The van der Waals surface area contributed by atoms with Gasteiger partial charge in [-0.3, -0.25) is 4.79 Å². The van der Waals surface area contributed by atoms with E-state index in [-0.39, 0.29) is 12.1 Å². The molecule has 1 aromatic heterocycles. The number of thiazole rings is 1. The Morgan fingerprint density at radius 2 is 2.17 bits per heavy atom. The molecule has 0 saturated carbocycles. The zero-order valence-electron chi connectivity index (χ0n) is 9.54. The third kappa shape index (κ3) is 2.89. The molecule has 1 aromatic carbocycles. The van der Waals surface area contributed by atoms with E-state index in [1.165, 1.54) is 17.4 Å². The first-order valence-electron chi connectivity index (χ1n) is 5.20. The normalized spacial score (nSPS) is 10.4. The Labute approximate surface area is 106 Å². The average molecular weight is 268 g/mol. The second kappa shape index (κ2) is 5.22. The fourth-order valence-electron chi connectivity index (χ4n) is 1.40. The van der Waals surface area contributed by atoms with Gasteiger partial charge in [-0.15, -0.1) is 11.3 Å². The molecule has 0 radical (unpaired) electrons. The Hall–Kier alpha value is -1.82. The van der Waals surface area contributed by atoms with E-state index in [2.05, 4.69) is 10.3 Å². The predicted molar refractivity (Wildman–Crippen MR) is 64.4 cm³/mol. The molecular formula is C12H10F2N2OS. The average Bonchev–Trinajstić information content (AvgIpc) is 2.75. The zero-order valence-corrected chi connectivity index (χ0v) is 10.4. The molecule has 1 heterocycles. The van der Waals surface area contributed by atoms with Crippen molar-refractivity contribution in [3.8, 4) is 0 Å². The number of benzene rings is 1. The molecule has 0 fully saturated rings. The Kier molecular flexibility index (Phi) is 3.66. The lowest BCUT2D eigenvalue weighted by Gasteiger charge is -2.03. The number of nitrogens with zero attached hydrogens (tertiary/aromatic N) is 1. The third-order valence-electron chi connectivity index (χ3n) is 2.28. The Morgan fingerprint density at radius 3 is 2.78 bits per heavy atom. The van der Waals surface area contributed by atoms with Crippen LogP contribution in [0.15, 0.2) is 23.6 Å². The summed E-state index contributed by atoms with van der Waals surface area (Å²) in [6, 6.07) is 3.04. The van der Waals surface area contributed by atoms with Crippen LogP contribution in [0.4, 0.5) is 8.78 Å². The second-order valence-corrected chi connectivity index (χ2v) is 4.73. The summed E-state index contributed by atoms with van der Waals surface area (Å²) in [4.78, 5) is 15.8. The van der Waals surface area contributed by atoms with Gasteiger partial charge in [0.05, 0.1) is 17.2 Å². The van der Waals surface area contributed by atoms with E-state index in [9.17, 15) is 13.6 Å². The number of amides is 1. The standard InChI is InChI=1S/C12H10F2N2OS/c1-7-16-9(6-18-7)5-15-12(17)8-2-3-10(13)11(14)4-8/h2-4,6H,5H2,1H3,(H,15,17). The van der Waals surface area contributed by atoms with Crippen molar-refractivity contribution in [2.75, 3.05) is 0 Å². The number of hydrogen-bond acceptors (Lipinski definition) is 3. The number of hydrogen-bond donors (Lipinski definition) is 1. The quantitative estimate of drug-likeness (QED) is 0.929. The SMILES string of the molecule is Cc1nc(CNC(=O)c2ccc(F)c(F)c2)cs1. The number of carbonyl (C=O) groups excluding carboxylic acids is 1. The molecule has 0 aliphatic carbocycles. The Bertz CT molecular complexity index is 583. The molecule has 1 amide bonds. The van der Waals surface area contributed by atoms with E-state index in [0.717, 1.165) is 22.8 Å². The van der Waals surface area contributed by atoms with Crippen LogP contribution in [0.25, 0.3) is 0 Å². The molecule has 18 heavy (non-hydrogen) atoms. The summed E-state index contributed by atoms with van der Waals surface area (Å²) >= 11 is 1.48. The molecule has 0 aliphatic heterocycles. The molecule has 0 saturated heterocycles. The van der Waals surface area contributed by atoms with Crippen LogP contribution in [-0.4, -0.2) is 10.9 Å². The number of aryl methyl sites for hydroxylation is 1. The smallest absolute Gasteiger partial charge is 0.251 e. The van der Waals surface area contributed by atoms with Crippen molar-refractivity contribution >= 4 is 17.2 Å². The van der Waals surface area contributed by atoms with Gasteiger partial charge in [0.15, 0.2) is 11.6 Å². The van der Waals surface area contributed by atoms with E-state index >= 15 is 0 Å². The first kappa shape index (κ1) is 12.6. The predicted octanol–water partition coefficient (Wildman–Crippen LogP) is 2.66. The maximum absolute atomic E-state index is 12.9. The van der Waals surface area contributed by atoms with Gasteiger partial charge in [0.1, 0.15) is 0 Å². The summed E-state index contributed by atoms with van der Waals surface area (Å²) in [6.07, 6.45) is 0. The van der Waals surface area contributed by atoms with Crippen molar-refractivity contribution in [2.24, 2.45) is 0 Å². The van der Waals surface area contributed by atoms with Crippen LogP contribution < -0.4 is 5.32 Å². The molecule has 1 N–H and O–H groups in total. The molecule has 0 unspecified atom stereocenters. The van der Waals surface area contributed by atoms with Gasteiger partial charge in [-0.1, -0.05) is 0 Å². The first-order valence-corrected chi connectivity index (χ1v) is 6.08. The Morgan fingerprint density at radius 1 is 1.39 bits per heavy atom. The maximum atomic E-state index is 12.9. The minimum absolute atomic E-state index is 0.0841. The van der Waals surface area contributed by atoms with Crippen LogP contribution in [0, 0.1) is 18.6 Å². The van der Waals surface area contributed by atoms with Gasteiger partial charge < -0.3 is 5.32 Å². The highest BCUT2D eigenvalue weighted by Gasteiger charge is 2.09. The molecule has 0 bridgehead atoms. The van der Waals surface area contributed by atoms with Gasteiger partial charge in [-0.05, 0) is 25.1 Å². The maximum Gasteiger partial charge on any atom is 0.251 e. The van der Waals surface area contributed by atoms with Gasteiger partial charge >= 0.3 is 0 Å². The van der Waals surface area contributed by atoms with Gasteiger partial charge in [0.2, 0.25) is 0 Å². The highest BCUT2D eigenvalue weighted by Crippen LogP contribution is 2.10.